The van der Waals surface area contributed by atoms with Crippen molar-refractivity contribution in [1.82, 2.24) is 14.8 Å². The highest BCUT2D eigenvalue weighted by Crippen LogP contribution is 2.30. The maximum absolute atomic E-state index is 13.8. The van der Waals surface area contributed by atoms with Gasteiger partial charge in [0.2, 0.25) is 0 Å². The van der Waals surface area contributed by atoms with Crippen LogP contribution in [0.3, 0.4) is 0 Å². The zero-order valence-corrected chi connectivity index (χ0v) is 10.5. The second kappa shape index (κ2) is 5.22. The molecule has 2 aromatic rings. The van der Waals surface area contributed by atoms with E-state index in [1.807, 2.05) is 0 Å². The lowest BCUT2D eigenvalue weighted by Gasteiger charge is -2.31. The van der Waals surface area contributed by atoms with Crippen molar-refractivity contribution in [2.24, 2.45) is 0 Å². The van der Waals surface area contributed by atoms with Gasteiger partial charge in [-0.2, -0.15) is 5.10 Å². The average Bonchev–Trinajstić information content (AvgIpc) is 2.86. The average molecular weight is 287 g/mol. The number of rotatable bonds is 4. The molecule has 108 valence electrons. The number of aliphatic hydroxyl groups excluding tert-OH is 1. The molecule has 1 heterocycles. The maximum Gasteiger partial charge on any atom is 0.161 e. The number of halogens is 3. The van der Waals surface area contributed by atoms with E-state index >= 15 is 0 Å². The molecule has 0 aliphatic heterocycles. The Morgan fingerprint density at radius 2 is 1.90 bits per heavy atom. The molecule has 0 amide bonds. The highest BCUT2D eigenvalue weighted by atomic mass is 19.2. The summed E-state index contributed by atoms with van der Waals surface area (Å²) in [6, 6.07) is 0.841. The minimum absolute atomic E-state index is 0.319. The molecule has 2 rings (SSSR count). The monoisotopic (exact) mass is 287 g/mol. The lowest BCUT2D eigenvalue weighted by molar-refractivity contribution is -0.0876. The van der Waals surface area contributed by atoms with Crippen LogP contribution in [0.25, 0.3) is 0 Å². The van der Waals surface area contributed by atoms with E-state index in [0.29, 0.717) is 12.1 Å². The normalized spacial score (nSPS) is 15.9. The fourth-order valence-electron chi connectivity index (χ4n) is 1.86. The zero-order chi connectivity index (χ0) is 14.9. The molecule has 1 aromatic carbocycles. The van der Waals surface area contributed by atoms with Gasteiger partial charge in [-0.15, -0.1) is 0 Å². The number of aromatic nitrogens is 3. The molecule has 0 fully saturated rings. The molecule has 0 spiro atoms. The van der Waals surface area contributed by atoms with Crippen LogP contribution >= 0.6 is 0 Å². The van der Waals surface area contributed by atoms with Crippen molar-refractivity contribution in [3.8, 4) is 0 Å². The van der Waals surface area contributed by atoms with Gasteiger partial charge in [-0.05, 0) is 13.0 Å². The van der Waals surface area contributed by atoms with Crippen molar-refractivity contribution in [2.75, 3.05) is 0 Å². The van der Waals surface area contributed by atoms with E-state index in [1.54, 1.807) is 0 Å². The van der Waals surface area contributed by atoms with Crippen molar-refractivity contribution in [3.63, 3.8) is 0 Å². The highest BCUT2D eigenvalue weighted by Gasteiger charge is 2.39. The van der Waals surface area contributed by atoms with E-state index in [1.165, 1.54) is 19.6 Å². The molecule has 0 saturated heterocycles. The van der Waals surface area contributed by atoms with Gasteiger partial charge in [-0.3, -0.25) is 0 Å². The molecule has 2 N–H and O–H groups in total. The first-order chi connectivity index (χ1) is 9.34. The van der Waals surface area contributed by atoms with Gasteiger partial charge in [-0.1, -0.05) is 0 Å². The van der Waals surface area contributed by atoms with Gasteiger partial charge in [0.15, 0.2) is 11.6 Å². The van der Waals surface area contributed by atoms with Gasteiger partial charge >= 0.3 is 0 Å². The number of nitrogens with zero attached hydrogens (tertiary/aromatic N) is 3. The Morgan fingerprint density at radius 3 is 2.45 bits per heavy atom. The van der Waals surface area contributed by atoms with Crippen LogP contribution in [-0.2, 0) is 12.1 Å². The third-order valence-electron chi connectivity index (χ3n) is 3.04. The maximum atomic E-state index is 13.8. The molecule has 0 radical (unpaired) electrons. The molecule has 5 nitrogen and oxygen atoms in total. The Bertz CT molecular complexity index is 604. The van der Waals surface area contributed by atoms with Crippen molar-refractivity contribution in [1.29, 1.82) is 0 Å². The van der Waals surface area contributed by atoms with Crippen LogP contribution in [0, 0.1) is 17.5 Å². The van der Waals surface area contributed by atoms with Gasteiger partial charge in [0.25, 0.3) is 0 Å². The third kappa shape index (κ3) is 2.52. The predicted octanol–water partition coefficient (Wildman–Crippen LogP) is 0.964. The summed E-state index contributed by atoms with van der Waals surface area (Å²) in [6.45, 7) is 0.838. The van der Waals surface area contributed by atoms with Crippen LogP contribution in [-0.4, -0.2) is 31.1 Å². The second-order valence-electron chi connectivity index (χ2n) is 4.44. The summed E-state index contributed by atoms with van der Waals surface area (Å²) in [5, 5.41) is 23.9. The number of aliphatic hydroxyl groups is 2. The standard InChI is InChI=1S/C12H12F3N3O2/c1-7(19)12(20,4-18-6-16-5-17-18)8-2-10(14)11(15)3-9(8)13/h2-3,5-7,19-20H,4H2,1H3/t7-,12-/m1/s1. The summed E-state index contributed by atoms with van der Waals surface area (Å²) in [6.07, 6.45) is 0.973. The molecule has 8 heteroatoms. The Balaban J connectivity index is 2.50. The topological polar surface area (TPSA) is 71.2 Å². The molecule has 0 bridgehead atoms. The SMILES string of the molecule is C[C@@H](O)[C@](O)(Cn1cncn1)c1cc(F)c(F)cc1F. The van der Waals surface area contributed by atoms with Crippen molar-refractivity contribution in [3.05, 3.63) is 47.8 Å². The quantitative estimate of drug-likeness (QED) is 0.822. The second-order valence-corrected chi connectivity index (χ2v) is 4.44. The van der Waals surface area contributed by atoms with Crippen LogP contribution in [0.1, 0.15) is 12.5 Å². The lowest BCUT2D eigenvalue weighted by Crippen LogP contribution is -2.42. The van der Waals surface area contributed by atoms with Gasteiger partial charge < -0.3 is 10.2 Å². The van der Waals surface area contributed by atoms with Crippen LogP contribution in [0.2, 0.25) is 0 Å². The fraction of sp³-hybridized carbons (Fsp3) is 0.333. The molecule has 0 aliphatic rings. The first-order valence-electron chi connectivity index (χ1n) is 5.72. The largest absolute Gasteiger partial charge is 0.390 e. The molecular formula is C12H12F3N3O2. The summed E-state index contributed by atoms with van der Waals surface area (Å²) in [7, 11) is 0. The molecule has 0 aliphatic carbocycles. The van der Waals surface area contributed by atoms with Crippen molar-refractivity contribution in [2.45, 2.75) is 25.2 Å². The smallest absolute Gasteiger partial charge is 0.161 e. The number of benzene rings is 1. The first kappa shape index (κ1) is 14.5. The molecule has 0 saturated carbocycles. The van der Waals surface area contributed by atoms with E-state index in [4.69, 9.17) is 0 Å². The Hall–Kier alpha value is -1.93. The Morgan fingerprint density at radius 1 is 1.25 bits per heavy atom. The summed E-state index contributed by atoms with van der Waals surface area (Å²) < 4.78 is 41.1. The Kier molecular flexibility index (Phi) is 3.78. The molecule has 2 atom stereocenters. The summed E-state index contributed by atoms with van der Waals surface area (Å²) in [4.78, 5) is 3.64. The van der Waals surface area contributed by atoms with Gasteiger partial charge in [-0.25, -0.2) is 22.8 Å². The number of hydrogen-bond acceptors (Lipinski definition) is 4. The molecule has 0 unspecified atom stereocenters. The van der Waals surface area contributed by atoms with E-state index in [-0.39, 0.29) is 6.54 Å². The molecule has 1 aromatic heterocycles. The minimum atomic E-state index is -2.17. The summed E-state index contributed by atoms with van der Waals surface area (Å²) in [5.41, 5.74) is -2.73. The van der Waals surface area contributed by atoms with Crippen molar-refractivity contribution >= 4 is 0 Å². The fourth-order valence-corrected chi connectivity index (χ4v) is 1.86. The van der Waals surface area contributed by atoms with E-state index in [9.17, 15) is 23.4 Å². The van der Waals surface area contributed by atoms with Crippen LogP contribution in [0.15, 0.2) is 24.8 Å². The predicted molar refractivity (Wildman–Crippen MR) is 61.9 cm³/mol. The van der Waals surface area contributed by atoms with E-state index in [2.05, 4.69) is 10.1 Å². The molecular weight excluding hydrogens is 275 g/mol. The highest BCUT2D eigenvalue weighted by molar-refractivity contribution is 5.27. The zero-order valence-electron chi connectivity index (χ0n) is 10.5. The lowest BCUT2D eigenvalue weighted by atomic mass is 9.88. The van der Waals surface area contributed by atoms with Gasteiger partial charge in [0.05, 0.1) is 12.6 Å². The third-order valence-corrected chi connectivity index (χ3v) is 3.04. The van der Waals surface area contributed by atoms with Crippen molar-refractivity contribution < 1.29 is 23.4 Å². The van der Waals surface area contributed by atoms with Gasteiger partial charge in [0.1, 0.15) is 24.1 Å². The van der Waals surface area contributed by atoms with E-state index < -0.39 is 34.7 Å². The summed E-state index contributed by atoms with van der Waals surface area (Å²) in [5.74, 6) is -3.86. The first-order valence-corrected chi connectivity index (χ1v) is 5.72. The van der Waals surface area contributed by atoms with Crippen LogP contribution < -0.4 is 0 Å². The minimum Gasteiger partial charge on any atom is -0.390 e. The van der Waals surface area contributed by atoms with Gasteiger partial charge in [0, 0.05) is 11.6 Å². The number of hydrogen-bond donors (Lipinski definition) is 2. The summed E-state index contributed by atoms with van der Waals surface area (Å²) >= 11 is 0. The van der Waals surface area contributed by atoms with Crippen LogP contribution in [0.5, 0.6) is 0 Å². The molecule has 20 heavy (non-hydrogen) atoms. The van der Waals surface area contributed by atoms with E-state index in [0.717, 1.165) is 4.68 Å². The van der Waals surface area contributed by atoms with Crippen LogP contribution in [0.4, 0.5) is 13.2 Å². The Labute approximate surface area is 112 Å².